The van der Waals surface area contributed by atoms with Crippen LogP contribution in [0.25, 0.3) is 0 Å². The molecular weight excluding hydrogens is 240 g/mol. The summed E-state index contributed by atoms with van der Waals surface area (Å²) in [6.07, 6.45) is 5.67. The second-order valence-electron chi connectivity index (χ2n) is 7.05. The van der Waals surface area contributed by atoms with Crippen molar-refractivity contribution < 1.29 is 9.53 Å². The van der Waals surface area contributed by atoms with Gasteiger partial charge in [-0.15, -0.1) is 0 Å². The van der Waals surface area contributed by atoms with Gasteiger partial charge in [0.25, 0.3) is 0 Å². The van der Waals surface area contributed by atoms with Crippen molar-refractivity contribution in [2.75, 3.05) is 13.2 Å². The topological polar surface area (TPSA) is 50.4 Å². The molecule has 0 radical (unpaired) electrons. The molecule has 0 aromatic rings. The molecule has 0 bridgehead atoms. The standard InChI is InChI=1S/C15H26N2O2/c1-15(2)8-11(6-7-19-15)17-14(18)13-12-5-3-4-10(12)9-16-13/h10-13,16H,3-9H2,1-2H3,(H,17,18). The van der Waals surface area contributed by atoms with Crippen molar-refractivity contribution in [1.29, 1.82) is 0 Å². The van der Waals surface area contributed by atoms with Gasteiger partial charge in [0.2, 0.25) is 5.91 Å². The third-order valence-corrected chi connectivity index (χ3v) is 5.07. The quantitative estimate of drug-likeness (QED) is 0.795. The van der Waals surface area contributed by atoms with Crippen LogP contribution in [0.5, 0.6) is 0 Å². The molecule has 2 N–H and O–H groups in total. The van der Waals surface area contributed by atoms with Crippen molar-refractivity contribution >= 4 is 5.91 Å². The van der Waals surface area contributed by atoms with Gasteiger partial charge in [-0.25, -0.2) is 0 Å². The van der Waals surface area contributed by atoms with Crippen molar-refractivity contribution in [3.8, 4) is 0 Å². The zero-order valence-electron chi connectivity index (χ0n) is 12.1. The van der Waals surface area contributed by atoms with Crippen LogP contribution in [0.15, 0.2) is 0 Å². The van der Waals surface area contributed by atoms with Crippen LogP contribution in [0.1, 0.15) is 46.0 Å². The van der Waals surface area contributed by atoms with E-state index in [0.717, 1.165) is 31.9 Å². The number of carbonyl (C=O) groups excluding carboxylic acids is 1. The number of ether oxygens (including phenoxy) is 1. The largest absolute Gasteiger partial charge is 0.375 e. The summed E-state index contributed by atoms with van der Waals surface area (Å²) in [7, 11) is 0. The van der Waals surface area contributed by atoms with Crippen molar-refractivity contribution in [2.45, 2.75) is 63.6 Å². The highest BCUT2D eigenvalue weighted by molar-refractivity contribution is 5.82. The highest BCUT2D eigenvalue weighted by Crippen LogP contribution is 2.37. The molecule has 2 heterocycles. The van der Waals surface area contributed by atoms with E-state index in [0.29, 0.717) is 5.92 Å². The molecular formula is C15H26N2O2. The van der Waals surface area contributed by atoms with Crippen LogP contribution in [-0.4, -0.2) is 36.7 Å². The van der Waals surface area contributed by atoms with Gasteiger partial charge in [-0.1, -0.05) is 6.42 Å². The fourth-order valence-corrected chi connectivity index (χ4v) is 4.12. The third-order valence-electron chi connectivity index (χ3n) is 5.07. The Balaban J connectivity index is 1.56. The molecule has 1 amide bonds. The average Bonchev–Trinajstić information content (AvgIpc) is 2.88. The van der Waals surface area contributed by atoms with Gasteiger partial charge >= 0.3 is 0 Å². The molecule has 2 saturated heterocycles. The van der Waals surface area contributed by atoms with Crippen LogP contribution in [0, 0.1) is 11.8 Å². The molecule has 4 unspecified atom stereocenters. The number of hydrogen-bond donors (Lipinski definition) is 2. The Morgan fingerprint density at radius 1 is 1.32 bits per heavy atom. The lowest BCUT2D eigenvalue weighted by molar-refractivity contribution is -0.126. The number of carbonyl (C=O) groups is 1. The first-order chi connectivity index (χ1) is 9.05. The summed E-state index contributed by atoms with van der Waals surface area (Å²) >= 11 is 0. The molecule has 0 aromatic heterocycles. The molecule has 1 saturated carbocycles. The van der Waals surface area contributed by atoms with Crippen molar-refractivity contribution in [1.82, 2.24) is 10.6 Å². The molecule has 3 fully saturated rings. The van der Waals surface area contributed by atoms with Crippen LogP contribution in [0.2, 0.25) is 0 Å². The van der Waals surface area contributed by atoms with Gasteiger partial charge in [-0.2, -0.15) is 0 Å². The zero-order chi connectivity index (χ0) is 13.5. The lowest BCUT2D eigenvalue weighted by atomic mass is 9.91. The summed E-state index contributed by atoms with van der Waals surface area (Å²) in [5.41, 5.74) is -0.102. The van der Waals surface area contributed by atoms with Crippen LogP contribution in [-0.2, 0) is 9.53 Å². The number of amides is 1. The van der Waals surface area contributed by atoms with Crippen LogP contribution < -0.4 is 10.6 Å². The Kier molecular flexibility index (Phi) is 3.56. The van der Waals surface area contributed by atoms with Gasteiger partial charge in [0, 0.05) is 12.6 Å². The second-order valence-corrected chi connectivity index (χ2v) is 7.05. The van der Waals surface area contributed by atoms with Crippen molar-refractivity contribution in [3.05, 3.63) is 0 Å². The Morgan fingerprint density at radius 2 is 2.16 bits per heavy atom. The number of nitrogens with one attached hydrogen (secondary N) is 2. The summed E-state index contributed by atoms with van der Waals surface area (Å²) in [4.78, 5) is 12.5. The minimum atomic E-state index is -0.102. The summed E-state index contributed by atoms with van der Waals surface area (Å²) in [5, 5.41) is 6.67. The van der Waals surface area contributed by atoms with Crippen LogP contribution in [0.3, 0.4) is 0 Å². The lowest BCUT2D eigenvalue weighted by Gasteiger charge is -2.36. The van der Waals surface area contributed by atoms with Crippen LogP contribution >= 0.6 is 0 Å². The number of fused-ring (bicyclic) bond motifs is 1. The molecule has 4 heteroatoms. The fraction of sp³-hybridized carbons (Fsp3) is 0.933. The molecule has 0 spiro atoms. The molecule has 3 aliphatic rings. The van der Waals surface area contributed by atoms with Gasteiger partial charge in [0.15, 0.2) is 0 Å². The maximum atomic E-state index is 12.5. The Labute approximate surface area is 115 Å². The molecule has 0 aromatic carbocycles. The zero-order valence-corrected chi connectivity index (χ0v) is 12.1. The molecule has 4 atom stereocenters. The van der Waals surface area contributed by atoms with Gasteiger partial charge < -0.3 is 15.4 Å². The van der Waals surface area contributed by atoms with Crippen molar-refractivity contribution in [3.63, 3.8) is 0 Å². The second kappa shape index (κ2) is 5.06. The van der Waals surface area contributed by atoms with E-state index in [9.17, 15) is 4.79 Å². The smallest absolute Gasteiger partial charge is 0.237 e. The van der Waals surface area contributed by atoms with Gasteiger partial charge in [-0.3, -0.25) is 4.79 Å². The summed E-state index contributed by atoms with van der Waals surface area (Å²) in [6.45, 7) is 5.99. The van der Waals surface area contributed by atoms with Gasteiger partial charge in [-0.05, 0) is 57.9 Å². The Morgan fingerprint density at radius 3 is 2.95 bits per heavy atom. The monoisotopic (exact) mass is 266 g/mol. The molecule has 4 nitrogen and oxygen atoms in total. The molecule has 3 rings (SSSR count). The first-order valence-electron chi connectivity index (χ1n) is 7.73. The number of hydrogen-bond acceptors (Lipinski definition) is 3. The fourth-order valence-electron chi connectivity index (χ4n) is 4.12. The van der Waals surface area contributed by atoms with E-state index in [1.54, 1.807) is 0 Å². The van der Waals surface area contributed by atoms with Crippen LogP contribution in [0.4, 0.5) is 0 Å². The van der Waals surface area contributed by atoms with Gasteiger partial charge in [0.05, 0.1) is 11.6 Å². The third kappa shape index (κ3) is 2.79. The van der Waals surface area contributed by atoms with E-state index in [4.69, 9.17) is 4.74 Å². The average molecular weight is 266 g/mol. The maximum absolute atomic E-state index is 12.5. The Hall–Kier alpha value is -0.610. The molecule has 108 valence electrons. The predicted octanol–water partition coefficient (Wildman–Crippen LogP) is 1.45. The van der Waals surface area contributed by atoms with E-state index in [-0.39, 0.29) is 23.6 Å². The van der Waals surface area contributed by atoms with E-state index < -0.39 is 0 Å². The first kappa shape index (κ1) is 13.4. The SMILES string of the molecule is CC1(C)CC(NC(=O)C2NCC3CCCC32)CCO1. The maximum Gasteiger partial charge on any atom is 0.237 e. The highest BCUT2D eigenvalue weighted by atomic mass is 16.5. The highest BCUT2D eigenvalue weighted by Gasteiger charge is 2.43. The van der Waals surface area contributed by atoms with E-state index >= 15 is 0 Å². The summed E-state index contributed by atoms with van der Waals surface area (Å²) in [5.74, 6) is 1.53. The molecule has 2 aliphatic heterocycles. The normalized spacial score (nSPS) is 40.9. The Bertz CT molecular complexity index is 356. The van der Waals surface area contributed by atoms with Crippen molar-refractivity contribution in [2.24, 2.45) is 11.8 Å². The first-order valence-corrected chi connectivity index (χ1v) is 7.73. The summed E-state index contributed by atoms with van der Waals surface area (Å²) < 4.78 is 5.71. The van der Waals surface area contributed by atoms with E-state index in [1.165, 1.54) is 19.3 Å². The van der Waals surface area contributed by atoms with Gasteiger partial charge in [0.1, 0.15) is 0 Å². The molecule has 1 aliphatic carbocycles. The summed E-state index contributed by atoms with van der Waals surface area (Å²) in [6, 6.07) is 0.331. The minimum Gasteiger partial charge on any atom is -0.375 e. The predicted molar refractivity (Wildman–Crippen MR) is 73.8 cm³/mol. The lowest BCUT2D eigenvalue weighted by Crippen LogP contribution is -2.51. The number of rotatable bonds is 2. The minimum absolute atomic E-state index is 0.0541. The van der Waals surface area contributed by atoms with E-state index in [2.05, 4.69) is 24.5 Å². The molecule has 19 heavy (non-hydrogen) atoms. The van der Waals surface area contributed by atoms with E-state index in [1.807, 2.05) is 0 Å².